The fourth-order valence-electron chi connectivity index (χ4n) is 3.81. The van der Waals surface area contributed by atoms with Crippen LogP contribution >= 0.6 is 11.8 Å². The van der Waals surface area contributed by atoms with E-state index in [9.17, 15) is 4.79 Å². The molecule has 1 amide bonds. The first kappa shape index (κ1) is 18.3. The van der Waals surface area contributed by atoms with Crippen LogP contribution in [0, 0.1) is 0 Å². The smallest absolute Gasteiger partial charge is 0.232 e. The third-order valence-electron chi connectivity index (χ3n) is 5.42. The normalized spacial score (nSPS) is 18.1. The topological polar surface area (TPSA) is 49.3 Å². The molecule has 1 saturated heterocycles. The lowest BCUT2D eigenvalue weighted by molar-refractivity contribution is -0.128. The Morgan fingerprint density at radius 2 is 1.78 bits per heavy atom. The predicted molar refractivity (Wildman–Crippen MR) is 111 cm³/mol. The Kier molecular flexibility index (Phi) is 5.92. The molecule has 0 atom stereocenters. The molecule has 0 bridgehead atoms. The van der Waals surface area contributed by atoms with Crippen molar-refractivity contribution in [3.05, 3.63) is 42.7 Å². The molecule has 4 rings (SSSR count). The van der Waals surface area contributed by atoms with Crippen LogP contribution in [-0.4, -0.2) is 58.0 Å². The number of carbonyl (C=O) groups excluding carboxylic acids is 1. The van der Waals surface area contributed by atoms with E-state index in [-0.39, 0.29) is 0 Å². The molecule has 2 fully saturated rings. The fourth-order valence-corrected chi connectivity index (χ4v) is 5.03. The van der Waals surface area contributed by atoms with Gasteiger partial charge in [-0.3, -0.25) is 4.79 Å². The van der Waals surface area contributed by atoms with Crippen LogP contribution in [0.5, 0.6) is 0 Å². The van der Waals surface area contributed by atoms with E-state index in [1.54, 1.807) is 6.33 Å². The lowest BCUT2D eigenvalue weighted by Gasteiger charge is -2.35. The second-order valence-electron chi connectivity index (χ2n) is 7.21. The van der Waals surface area contributed by atoms with E-state index >= 15 is 0 Å². The first-order valence-corrected chi connectivity index (χ1v) is 10.9. The van der Waals surface area contributed by atoms with Gasteiger partial charge in [0.25, 0.3) is 0 Å². The molecule has 142 valence electrons. The molecule has 2 aromatic rings. The molecule has 0 unspecified atom stereocenters. The van der Waals surface area contributed by atoms with Gasteiger partial charge in [0.1, 0.15) is 12.1 Å². The van der Waals surface area contributed by atoms with Gasteiger partial charge in [0.05, 0.1) is 11.4 Å². The molecular formula is C21H26N4OS. The maximum absolute atomic E-state index is 12.5. The van der Waals surface area contributed by atoms with Gasteiger partial charge in [-0.1, -0.05) is 43.2 Å². The molecule has 27 heavy (non-hydrogen) atoms. The second kappa shape index (κ2) is 8.74. The van der Waals surface area contributed by atoms with Crippen molar-refractivity contribution in [2.45, 2.75) is 30.9 Å². The molecule has 1 aliphatic carbocycles. The quantitative estimate of drug-likeness (QED) is 0.792. The minimum Gasteiger partial charge on any atom is -0.353 e. The molecule has 1 aromatic carbocycles. The van der Waals surface area contributed by atoms with Crippen molar-refractivity contribution in [1.29, 1.82) is 0 Å². The Balaban J connectivity index is 1.32. The van der Waals surface area contributed by atoms with Gasteiger partial charge < -0.3 is 9.80 Å². The molecule has 1 saturated carbocycles. The SMILES string of the molecule is O=C(CSC1CCCC1)N1CCN(c2cc(-c3ccccc3)ncn2)CC1. The maximum atomic E-state index is 12.5. The summed E-state index contributed by atoms with van der Waals surface area (Å²) in [4.78, 5) is 25.6. The Morgan fingerprint density at radius 1 is 1.04 bits per heavy atom. The van der Waals surface area contributed by atoms with E-state index in [4.69, 9.17) is 0 Å². The predicted octanol–water partition coefficient (Wildman–Crippen LogP) is 3.47. The highest BCUT2D eigenvalue weighted by atomic mass is 32.2. The van der Waals surface area contributed by atoms with Crippen LogP contribution in [0.4, 0.5) is 5.82 Å². The molecule has 5 nitrogen and oxygen atoms in total. The number of rotatable bonds is 5. The van der Waals surface area contributed by atoms with Crippen LogP contribution in [-0.2, 0) is 4.79 Å². The van der Waals surface area contributed by atoms with Gasteiger partial charge in [0.15, 0.2) is 0 Å². The Bertz CT molecular complexity index is 756. The molecule has 0 spiro atoms. The Labute approximate surface area is 165 Å². The van der Waals surface area contributed by atoms with Crippen molar-refractivity contribution < 1.29 is 4.79 Å². The molecule has 6 heteroatoms. The summed E-state index contributed by atoms with van der Waals surface area (Å²) in [5, 5.41) is 0.702. The van der Waals surface area contributed by atoms with Crippen molar-refractivity contribution in [3.8, 4) is 11.3 Å². The van der Waals surface area contributed by atoms with E-state index in [0.29, 0.717) is 16.9 Å². The standard InChI is InChI=1S/C21H26N4OS/c26-21(15-27-18-8-4-5-9-18)25-12-10-24(11-13-25)20-14-19(22-16-23-20)17-6-2-1-3-7-17/h1-3,6-7,14,16,18H,4-5,8-13,15H2. The lowest BCUT2D eigenvalue weighted by atomic mass is 10.1. The molecular weight excluding hydrogens is 356 g/mol. The fraction of sp³-hybridized carbons (Fsp3) is 0.476. The minimum absolute atomic E-state index is 0.291. The van der Waals surface area contributed by atoms with Gasteiger partial charge in [-0.05, 0) is 12.8 Å². The third kappa shape index (κ3) is 4.61. The zero-order valence-corrected chi connectivity index (χ0v) is 16.4. The average molecular weight is 383 g/mol. The summed E-state index contributed by atoms with van der Waals surface area (Å²) in [5.41, 5.74) is 2.03. The number of hydrogen-bond acceptors (Lipinski definition) is 5. The van der Waals surface area contributed by atoms with Gasteiger partial charge in [0, 0.05) is 43.1 Å². The number of aromatic nitrogens is 2. The van der Waals surface area contributed by atoms with E-state index in [1.165, 1.54) is 25.7 Å². The highest BCUT2D eigenvalue weighted by Crippen LogP contribution is 2.29. The molecule has 0 N–H and O–H groups in total. The monoisotopic (exact) mass is 382 g/mol. The number of anilines is 1. The Hall–Kier alpha value is -2.08. The molecule has 2 heterocycles. The van der Waals surface area contributed by atoms with E-state index < -0.39 is 0 Å². The minimum atomic E-state index is 0.291. The van der Waals surface area contributed by atoms with Gasteiger partial charge in [0.2, 0.25) is 5.91 Å². The van der Waals surface area contributed by atoms with Crippen molar-refractivity contribution >= 4 is 23.5 Å². The summed E-state index contributed by atoms with van der Waals surface area (Å²) in [5.74, 6) is 1.87. The van der Waals surface area contributed by atoms with Crippen LogP contribution in [0.3, 0.4) is 0 Å². The van der Waals surface area contributed by atoms with E-state index in [1.807, 2.05) is 40.9 Å². The van der Waals surface area contributed by atoms with E-state index in [0.717, 1.165) is 43.3 Å². The number of thioether (sulfide) groups is 1. The zero-order chi connectivity index (χ0) is 18.5. The maximum Gasteiger partial charge on any atom is 0.232 e. The van der Waals surface area contributed by atoms with Crippen molar-refractivity contribution in [3.63, 3.8) is 0 Å². The molecule has 2 aliphatic rings. The molecule has 1 aromatic heterocycles. The highest BCUT2D eigenvalue weighted by molar-refractivity contribution is 8.00. The third-order valence-corrected chi connectivity index (χ3v) is 6.78. The second-order valence-corrected chi connectivity index (χ2v) is 8.50. The summed E-state index contributed by atoms with van der Waals surface area (Å²) in [7, 11) is 0. The number of piperazine rings is 1. The Morgan fingerprint density at radius 3 is 2.52 bits per heavy atom. The summed E-state index contributed by atoms with van der Waals surface area (Å²) in [6.07, 6.45) is 6.85. The first-order chi connectivity index (χ1) is 13.3. The summed E-state index contributed by atoms with van der Waals surface area (Å²) in [6.45, 7) is 3.19. The van der Waals surface area contributed by atoms with Crippen LogP contribution in [0.2, 0.25) is 0 Å². The zero-order valence-electron chi connectivity index (χ0n) is 15.6. The number of amides is 1. The summed E-state index contributed by atoms with van der Waals surface area (Å²) >= 11 is 1.86. The van der Waals surface area contributed by atoms with Crippen molar-refractivity contribution in [1.82, 2.24) is 14.9 Å². The molecule has 1 aliphatic heterocycles. The van der Waals surface area contributed by atoms with Crippen molar-refractivity contribution in [2.75, 3.05) is 36.8 Å². The van der Waals surface area contributed by atoms with Crippen LogP contribution in [0.1, 0.15) is 25.7 Å². The van der Waals surface area contributed by atoms with Gasteiger partial charge in [-0.25, -0.2) is 9.97 Å². The number of hydrogen-bond donors (Lipinski definition) is 0. The first-order valence-electron chi connectivity index (χ1n) is 9.81. The summed E-state index contributed by atoms with van der Waals surface area (Å²) < 4.78 is 0. The van der Waals surface area contributed by atoms with Crippen LogP contribution < -0.4 is 4.90 Å². The number of carbonyl (C=O) groups is 1. The van der Waals surface area contributed by atoms with Crippen LogP contribution in [0.15, 0.2) is 42.7 Å². The van der Waals surface area contributed by atoms with Crippen molar-refractivity contribution in [2.24, 2.45) is 0 Å². The number of benzene rings is 1. The van der Waals surface area contributed by atoms with Gasteiger partial charge in [-0.15, -0.1) is 11.8 Å². The molecule has 0 radical (unpaired) electrons. The largest absolute Gasteiger partial charge is 0.353 e. The number of nitrogens with zero attached hydrogens (tertiary/aromatic N) is 4. The summed E-state index contributed by atoms with van der Waals surface area (Å²) in [6, 6.07) is 12.2. The lowest BCUT2D eigenvalue weighted by Crippen LogP contribution is -2.49. The van der Waals surface area contributed by atoms with E-state index in [2.05, 4.69) is 27.0 Å². The van der Waals surface area contributed by atoms with Crippen LogP contribution in [0.25, 0.3) is 11.3 Å². The highest BCUT2D eigenvalue weighted by Gasteiger charge is 2.24. The average Bonchev–Trinajstić information content (AvgIpc) is 3.27. The van der Waals surface area contributed by atoms with Gasteiger partial charge in [-0.2, -0.15) is 0 Å². The van der Waals surface area contributed by atoms with Gasteiger partial charge >= 0.3 is 0 Å².